The second-order valence-corrected chi connectivity index (χ2v) is 4.13. The maximum atomic E-state index is 10.8. The third kappa shape index (κ3) is 4.36. The average Bonchev–Trinajstić information content (AvgIpc) is 2.52. The number of ether oxygens (including phenoxy) is 2. The second-order valence-electron chi connectivity index (χ2n) is 4.13. The van der Waals surface area contributed by atoms with Crippen LogP contribution in [0.1, 0.15) is 0 Å². The first-order valence-corrected chi connectivity index (χ1v) is 6.26. The standard InChI is InChI=1S/C14H15N3O4/c15-16-11-8-12(17(18)19)10-14(9-11)21-7-6-20-13-4-2-1-3-5-13/h1-5,8-10,16H,6-7,15H2. The highest BCUT2D eigenvalue weighted by Gasteiger charge is 2.10. The van der Waals surface area contributed by atoms with Crippen molar-refractivity contribution >= 4 is 11.4 Å². The Kier molecular flexibility index (Phi) is 4.94. The molecule has 0 heterocycles. The van der Waals surface area contributed by atoms with E-state index in [9.17, 15) is 10.1 Å². The molecule has 0 aromatic heterocycles. The molecule has 7 nitrogen and oxygen atoms in total. The topological polar surface area (TPSA) is 99.7 Å². The van der Waals surface area contributed by atoms with Crippen LogP contribution >= 0.6 is 0 Å². The van der Waals surface area contributed by atoms with Gasteiger partial charge in [0.05, 0.1) is 16.7 Å². The number of nitrogen functional groups attached to an aromatic ring is 1. The lowest BCUT2D eigenvalue weighted by Crippen LogP contribution is -2.10. The van der Waals surface area contributed by atoms with Crippen LogP contribution in [0, 0.1) is 10.1 Å². The van der Waals surface area contributed by atoms with Gasteiger partial charge in [-0.25, -0.2) is 0 Å². The molecule has 0 aliphatic heterocycles. The fourth-order valence-electron chi connectivity index (χ4n) is 1.69. The minimum Gasteiger partial charge on any atom is -0.490 e. The van der Waals surface area contributed by atoms with Gasteiger partial charge in [-0.15, -0.1) is 0 Å². The third-order valence-electron chi connectivity index (χ3n) is 2.63. The van der Waals surface area contributed by atoms with Gasteiger partial charge in [0.1, 0.15) is 24.7 Å². The summed E-state index contributed by atoms with van der Waals surface area (Å²) in [5.74, 6) is 6.36. The van der Waals surface area contributed by atoms with Gasteiger partial charge in [0.25, 0.3) is 5.69 Å². The molecule has 0 aliphatic rings. The van der Waals surface area contributed by atoms with E-state index in [0.717, 1.165) is 5.75 Å². The molecule has 0 amide bonds. The number of hydrogen-bond acceptors (Lipinski definition) is 6. The van der Waals surface area contributed by atoms with Gasteiger partial charge in [-0.2, -0.15) is 0 Å². The lowest BCUT2D eigenvalue weighted by molar-refractivity contribution is -0.384. The van der Waals surface area contributed by atoms with Crippen molar-refractivity contribution in [3.05, 3.63) is 58.6 Å². The molecule has 0 saturated carbocycles. The molecule has 2 rings (SSSR count). The molecular formula is C14H15N3O4. The zero-order chi connectivity index (χ0) is 15.1. The summed E-state index contributed by atoms with van der Waals surface area (Å²) in [6.07, 6.45) is 0. The number of nitrogens with one attached hydrogen (secondary N) is 1. The van der Waals surface area contributed by atoms with Gasteiger partial charge < -0.3 is 14.9 Å². The predicted molar refractivity (Wildman–Crippen MR) is 78.3 cm³/mol. The molecule has 0 spiro atoms. The van der Waals surface area contributed by atoms with Gasteiger partial charge in [0.2, 0.25) is 0 Å². The molecule has 0 atom stereocenters. The molecule has 0 radical (unpaired) electrons. The number of nitro benzene ring substituents is 1. The number of nitro groups is 1. The van der Waals surface area contributed by atoms with Crippen LogP contribution in [-0.2, 0) is 0 Å². The maximum Gasteiger partial charge on any atom is 0.275 e. The summed E-state index contributed by atoms with van der Waals surface area (Å²) in [6, 6.07) is 13.6. The van der Waals surface area contributed by atoms with E-state index in [0.29, 0.717) is 18.0 Å². The Bertz CT molecular complexity index is 604. The molecule has 21 heavy (non-hydrogen) atoms. The van der Waals surface area contributed by atoms with E-state index >= 15 is 0 Å². The number of hydrazine groups is 1. The maximum absolute atomic E-state index is 10.8. The molecule has 3 N–H and O–H groups in total. The highest BCUT2D eigenvalue weighted by molar-refractivity contribution is 5.55. The number of nitrogens with zero attached hydrogens (tertiary/aromatic N) is 1. The zero-order valence-corrected chi connectivity index (χ0v) is 11.2. The molecule has 0 saturated heterocycles. The number of non-ortho nitro benzene ring substituents is 1. The minimum atomic E-state index is -0.506. The summed E-state index contributed by atoms with van der Waals surface area (Å²) in [5, 5.41) is 10.8. The van der Waals surface area contributed by atoms with Crippen LogP contribution in [0.25, 0.3) is 0 Å². The fraction of sp³-hybridized carbons (Fsp3) is 0.143. The van der Waals surface area contributed by atoms with Crippen molar-refractivity contribution in [1.82, 2.24) is 0 Å². The SMILES string of the molecule is NNc1cc(OCCOc2ccccc2)cc([N+](=O)[O-])c1. The van der Waals surface area contributed by atoms with E-state index in [2.05, 4.69) is 5.43 Å². The fourth-order valence-corrected chi connectivity index (χ4v) is 1.69. The van der Waals surface area contributed by atoms with Crippen molar-refractivity contribution in [1.29, 1.82) is 0 Å². The molecule has 2 aromatic rings. The van der Waals surface area contributed by atoms with E-state index < -0.39 is 4.92 Å². The van der Waals surface area contributed by atoms with E-state index in [1.165, 1.54) is 12.1 Å². The van der Waals surface area contributed by atoms with E-state index in [4.69, 9.17) is 15.3 Å². The van der Waals surface area contributed by atoms with Gasteiger partial charge in [0.15, 0.2) is 0 Å². The summed E-state index contributed by atoms with van der Waals surface area (Å²) in [4.78, 5) is 10.3. The Morgan fingerprint density at radius 3 is 2.33 bits per heavy atom. The minimum absolute atomic E-state index is 0.0931. The van der Waals surface area contributed by atoms with E-state index in [1.54, 1.807) is 6.07 Å². The average molecular weight is 289 g/mol. The smallest absolute Gasteiger partial charge is 0.275 e. The van der Waals surface area contributed by atoms with Crippen molar-refractivity contribution in [3.8, 4) is 11.5 Å². The van der Waals surface area contributed by atoms with Crippen LogP contribution in [0.3, 0.4) is 0 Å². The molecule has 110 valence electrons. The lowest BCUT2D eigenvalue weighted by Gasteiger charge is -2.09. The highest BCUT2D eigenvalue weighted by Crippen LogP contribution is 2.25. The first kappa shape index (κ1) is 14.6. The molecule has 0 unspecified atom stereocenters. The Morgan fingerprint density at radius 1 is 1.05 bits per heavy atom. The van der Waals surface area contributed by atoms with E-state index in [-0.39, 0.29) is 12.3 Å². The summed E-state index contributed by atoms with van der Waals surface area (Å²) >= 11 is 0. The summed E-state index contributed by atoms with van der Waals surface area (Å²) < 4.78 is 10.9. The van der Waals surface area contributed by atoms with Crippen LogP contribution in [0.4, 0.5) is 11.4 Å². The second kappa shape index (κ2) is 7.11. The van der Waals surface area contributed by atoms with Crippen molar-refractivity contribution in [3.63, 3.8) is 0 Å². The summed E-state index contributed by atoms with van der Waals surface area (Å²) in [7, 11) is 0. The summed E-state index contributed by atoms with van der Waals surface area (Å²) in [6.45, 7) is 0.595. The molecule has 0 bridgehead atoms. The van der Waals surface area contributed by atoms with Gasteiger partial charge in [-0.05, 0) is 12.1 Å². The quantitative estimate of drug-likeness (QED) is 0.351. The van der Waals surface area contributed by atoms with Crippen LogP contribution in [0.15, 0.2) is 48.5 Å². The Hall–Kier alpha value is -2.80. The number of anilines is 1. The largest absolute Gasteiger partial charge is 0.490 e. The van der Waals surface area contributed by atoms with Crippen molar-refractivity contribution < 1.29 is 14.4 Å². The Labute approximate surface area is 121 Å². The van der Waals surface area contributed by atoms with Crippen LogP contribution < -0.4 is 20.7 Å². The number of hydrogen-bond donors (Lipinski definition) is 2. The van der Waals surface area contributed by atoms with E-state index in [1.807, 2.05) is 30.3 Å². The zero-order valence-electron chi connectivity index (χ0n) is 11.2. The third-order valence-corrected chi connectivity index (χ3v) is 2.63. The first-order valence-electron chi connectivity index (χ1n) is 6.26. The Balaban J connectivity index is 1.90. The number of para-hydroxylation sites is 1. The van der Waals surface area contributed by atoms with Gasteiger partial charge >= 0.3 is 0 Å². The van der Waals surface area contributed by atoms with Gasteiger partial charge in [-0.1, -0.05) is 18.2 Å². The number of rotatable bonds is 7. The normalized spacial score (nSPS) is 9.95. The molecule has 7 heteroatoms. The number of nitrogens with two attached hydrogens (primary N) is 1. The number of benzene rings is 2. The van der Waals surface area contributed by atoms with Crippen LogP contribution in [0.2, 0.25) is 0 Å². The highest BCUT2D eigenvalue weighted by atomic mass is 16.6. The lowest BCUT2D eigenvalue weighted by atomic mass is 10.2. The molecule has 0 fully saturated rings. The first-order chi connectivity index (χ1) is 10.2. The molecule has 2 aromatic carbocycles. The predicted octanol–water partition coefficient (Wildman–Crippen LogP) is 2.34. The van der Waals surface area contributed by atoms with Crippen molar-refractivity contribution in [2.24, 2.45) is 5.84 Å². The molecular weight excluding hydrogens is 274 g/mol. The Morgan fingerprint density at radius 2 is 1.71 bits per heavy atom. The van der Waals surface area contributed by atoms with Gasteiger partial charge in [-0.3, -0.25) is 16.0 Å². The van der Waals surface area contributed by atoms with Crippen molar-refractivity contribution in [2.75, 3.05) is 18.6 Å². The monoisotopic (exact) mass is 289 g/mol. The van der Waals surface area contributed by atoms with Crippen LogP contribution in [0.5, 0.6) is 11.5 Å². The van der Waals surface area contributed by atoms with Crippen molar-refractivity contribution in [2.45, 2.75) is 0 Å². The summed E-state index contributed by atoms with van der Waals surface area (Å²) in [5.41, 5.74) is 2.68. The molecule has 0 aliphatic carbocycles. The van der Waals surface area contributed by atoms with Crippen LogP contribution in [-0.4, -0.2) is 18.1 Å². The van der Waals surface area contributed by atoms with Gasteiger partial charge in [0, 0.05) is 12.1 Å².